The fraction of sp³-hybridized carbons (Fsp3) is 1.00. The summed E-state index contributed by atoms with van der Waals surface area (Å²) in [6, 6.07) is 0. The monoisotopic (exact) mass is 139 g/mol. The molecular weight excluding hydrogens is 122 g/mol. The van der Waals surface area contributed by atoms with Gasteiger partial charge in [0.25, 0.3) is 0 Å². The normalized spacial score (nSPS) is 32.1. The first-order chi connectivity index (χ1) is 4.81. The molecule has 0 amide bonds. The maximum Gasteiger partial charge on any atom is 0.00202 e. The molecule has 0 atom stereocenters. The van der Waals surface area contributed by atoms with Gasteiger partial charge in [-0.05, 0) is 24.2 Å². The van der Waals surface area contributed by atoms with Crippen LogP contribution in [0.2, 0.25) is 0 Å². The molecule has 1 heteroatoms. The van der Waals surface area contributed by atoms with Crippen LogP contribution in [-0.2, 0) is 0 Å². The van der Waals surface area contributed by atoms with Gasteiger partial charge in [-0.1, -0.05) is 19.8 Å². The fourth-order valence-corrected chi connectivity index (χ4v) is 2.21. The molecule has 1 N–H and O–H groups in total. The Hall–Kier alpha value is -0.0400. The smallest absolute Gasteiger partial charge is 0.00202 e. The van der Waals surface area contributed by atoms with E-state index in [-0.39, 0.29) is 0 Å². The molecule has 1 spiro atoms. The summed E-state index contributed by atoms with van der Waals surface area (Å²) in [5.74, 6) is 1.01. The zero-order valence-corrected chi connectivity index (χ0v) is 6.82. The summed E-state index contributed by atoms with van der Waals surface area (Å²) < 4.78 is 0. The van der Waals surface area contributed by atoms with Gasteiger partial charge in [-0.2, -0.15) is 0 Å². The number of nitrogens with one attached hydrogen (secondary N) is 1. The SMILES string of the molecule is CC1CCC2(CC1)CNC2. The first-order valence-electron chi connectivity index (χ1n) is 4.52. The lowest BCUT2D eigenvalue weighted by Crippen LogP contribution is -2.54. The third-order valence-electron chi connectivity index (χ3n) is 3.33. The Labute approximate surface area is 63.2 Å². The molecule has 0 aromatic carbocycles. The van der Waals surface area contributed by atoms with Gasteiger partial charge in [-0.3, -0.25) is 0 Å². The summed E-state index contributed by atoms with van der Waals surface area (Å²) >= 11 is 0. The molecule has 0 unspecified atom stereocenters. The molecule has 58 valence electrons. The Morgan fingerprint density at radius 2 is 1.80 bits per heavy atom. The lowest BCUT2D eigenvalue weighted by molar-refractivity contribution is 0.0861. The van der Waals surface area contributed by atoms with Crippen molar-refractivity contribution in [1.29, 1.82) is 0 Å². The molecule has 2 aliphatic rings. The van der Waals surface area contributed by atoms with Crippen molar-refractivity contribution in [2.75, 3.05) is 13.1 Å². The molecule has 0 aromatic rings. The van der Waals surface area contributed by atoms with E-state index in [9.17, 15) is 0 Å². The van der Waals surface area contributed by atoms with Crippen molar-refractivity contribution in [1.82, 2.24) is 5.32 Å². The lowest BCUT2D eigenvalue weighted by Gasteiger charge is -2.47. The van der Waals surface area contributed by atoms with Gasteiger partial charge in [0.05, 0.1) is 0 Å². The van der Waals surface area contributed by atoms with Crippen LogP contribution >= 0.6 is 0 Å². The third-order valence-corrected chi connectivity index (χ3v) is 3.33. The first-order valence-corrected chi connectivity index (χ1v) is 4.52. The highest BCUT2D eigenvalue weighted by Gasteiger charge is 2.38. The summed E-state index contributed by atoms with van der Waals surface area (Å²) in [5.41, 5.74) is 0.770. The van der Waals surface area contributed by atoms with E-state index >= 15 is 0 Å². The van der Waals surface area contributed by atoms with Crippen LogP contribution in [0.3, 0.4) is 0 Å². The van der Waals surface area contributed by atoms with Gasteiger partial charge in [-0.15, -0.1) is 0 Å². The van der Waals surface area contributed by atoms with Crippen LogP contribution in [0.15, 0.2) is 0 Å². The second kappa shape index (κ2) is 2.23. The zero-order chi connectivity index (χ0) is 7.03. The van der Waals surface area contributed by atoms with Gasteiger partial charge in [0.15, 0.2) is 0 Å². The van der Waals surface area contributed by atoms with Crippen molar-refractivity contribution in [3.8, 4) is 0 Å². The maximum absolute atomic E-state index is 3.39. The molecule has 10 heavy (non-hydrogen) atoms. The van der Waals surface area contributed by atoms with Crippen LogP contribution in [0.1, 0.15) is 32.6 Å². The summed E-state index contributed by atoms with van der Waals surface area (Å²) in [6.07, 6.45) is 5.92. The van der Waals surface area contributed by atoms with Crippen LogP contribution in [0.5, 0.6) is 0 Å². The molecule has 1 saturated heterocycles. The van der Waals surface area contributed by atoms with E-state index in [1.807, 2.05) is 0 Å². The molecule has 0 bridgehead atoms. The lowest BCUT2D eigenvalue weighted by atomic mass is 9.67. The van der Waals surface area contributed by atoms with E-state index in [2.05, 4.69) is 12.2 Å². The Balaban J connectivity index is 1.90. The predicted octanol–water partition coefficient (Wildman–Crippen LogP) is 1.79. The molecule has 1 nitrogen and oxygen atoms in total. The second-order valence-corrected chi connectivity index (χ2v) is 4.29. The van der Waals surface area contributed by atoms with Crippen LogP contribution in [0.25, 0.3) is 0 Å². The Kier molecular flexibility index (Phi) is 1.48. The molecule has 0 radical (unpaired) electrons. The quantitative estimate of drug-likeness (QED) is 0.539. The van der Waals surface area contributed by atoms with Crippen molar-refractivity contribution in [2.24, 2.45) is 11.3 Å². The summed E-state index contributed by atoms with van der Waals surface area (Å²) in [4.78, 5) is 0. The second-order valence-electron chi connectivity index (χ2n) is 4.29. The Morgan fingerprint density at radius 3 is 2.20 bits per heavy atom. The van der Waals surface area contributed by atoms with Crippen molar-refractivity contribution in [3.05, 3.63) is 0 Å². The highest BCUT2D eigenvalue weighted by atomic mass is 15.0. The van der Waals surface area contributed by atoms with E-state index in [1.165, 1.54) is 38.8 Å². The average Bonchev–Trinajstić information content (AvgIpc) is 1.86. The Morgan fingerprint density at radius 1 is 1.20 bits per heavy atom. The largest absolute Gasteiger partial charge is 0.316 e. The molecule has 1 aliphatic heterocycles. The molecule has 1 heterocycles. The van der Waals surface area contributed by atoms with E-state index < -0.39 is 0 Å². The van der Waals surface area contributed by atoms with E-state index in [4.69, 9.17) is 0 Å². The standard InChI is InChI=1S/C9H17N/c1-8-2-4-9(5-3-8)6-10-7-9/h8,10H,2-7H2,1H3. The molecule has 2 fully saturated rings. The molecule has 1 aliphatic carbocycles. The predicted molar refractivity (Wildman–Crippen MR) is 42.9 cm³/mol. The number of hydrogen-bond acceptors (Lipinski definition) is 1. The minimum absolute atomic E-state index is 0.770. The Bertz CT molecular complexity index is 117. The van der Waals surface area contributed by atoms with Gasteiger partial charge in [0, 0.05) is 13.1 Å². The highest BCUT2D eigenvalue weighted by molar-refractivity contribution is 4.94. The van der Waals surface area contributed by atoms with Gasteiger partial charge in [0.1, 0.15) is 0 Å². The summed E-state index contributed by atoms with van der Waals surface area (Å²) in [5, 5.41) is 3.39. The van der Waals surface area contributed by atoms with E-state index in [1.54, 1.807) is 0 Å². The fourth-order valence-electron chi connectivity index (χ4n) is 2.21. The van der Waals surface area contributed by atoms with Gasteiger partial charge in [-0.25, -0.2) is 0 Å². The van der Waals surface area contributed by atoms with Gasteiger partial charge >= 0.3 is 0 Å². The number of rotatable bonds is 0. The average molecular weight is 139 g/mol. The van der Waals surface area contributed by atoms with Crippen molar-refractivity contribution in [2.45, 2.75) is 32.6 Å². The summed E-state index contributed by atoms with van der Waals surface area (Å²) in [7, 11) is 0. The summed E-state index contributed by atoms with van der Waals surface area (Å²) in [6.45, 7) is 5.00. The van der Waals surface area contributed by atoms with Crippen LogP contribution in [0, 0.1) is 11.3 Å². The topological polar surface area (TPSA) is 12.0 Å². The highest BCUT2D eigenvalue weighted by Crippen LogP contribution is 2.41. The maximum atomic E-state index is 3.39. The van der Waals surface area contributed by atoms with Crippen molar-refractivity contribution < 1.29 is 0 Å². The van der Waals surface area contributed by atoms with Crippen molar-refractivity contribution >= 4 is 0 Å². The first kappa shape index (κ1) is 6.66. The van der Waals surface area contributed by atoms with Gasteiger partial charge in [0.2, 0.25) is 0 Å². The van der Waals surface area contributed by atoms with E-state index in [0.717, 1.165) is 11.3 Å². The molecule has 0 aromatic heterocycles. The van der Waals surface area contributed by atoms with Gasteiger partial charge < -0.3 is 5.32 Å². The van der Waals surface area contributed by atoms with Crippen LogP contribution < -0.4 is 5.32 Å². The van der Waals surface area contributed by atoms with Crippen LogP contribution in [0.4, 0.5) is 0 Å². The van der Waals surface area contributed by atoms with E-state index in [0.29, 0.717) is 0 Å². The molecule has 1 saturated carbocycles. The molecule has 2 rings (SSSR count). The van der Waals surface area contributed by atoms with Crippen molar-refractivity contribution in [3.63, 3.8) is 0 Å². The zero-order valence-electron chi connectivity index (χ0n) is 6.82. The number of hydrogen-bond donors (Lipinski definition) is 1. The minimum atomic E-state index is 0.770. The van der Waals surface area contributed by atoms with Crippen LogP contribution in [-0.4, -0.2) is 13.1 Å². The molecular formula is C9H17N. The minimum Gasteiger partial charge on any atom is -0.316 e. The third kappa shape index (κ3) is 0.968.